The molecule has 24 heavy (non-hydrogen) atoms. The molecule has 0 bridgehead atoms. The van der Waals surface area contributed by atoms with Crippen LogP contribution in [0, 0.1) is 6.92 Å². The van der Waals surface area contributed by atoms with Crippen LogP contribution in [0.1, 0.15) is 25.8 Å². The normalized spacial score (nSPS) is 13.0. The van der Waals surface area contributed by atoms with Crippen molar-refractivity contribution in [2.24, 2.45) is 5.73 Å². The second-order valence-electron chi connectivity index (χ2n) is 5.79. The number of benzene rings is 1. The van der Waals surface area contributed by atoms with E-state index in [0.717, 1.165) is 11.3 Å². The van der Waals surface area contributed by atoms with Crippen LogP contribution in [0.3, 0.4) is 0 Å². The van der Waals surface area contributed by atoms with E-state index in [1.54, 1.807) is 32.4 Å². The molecule has 0 spiro atoms. The Kier molecular flexibility index (Phi) is 5.28. The number of rotatable bonds is 7. The first-order chi connectivity index (χ1) is 11.4. The number of hydrogen-bond donors (Lipinski definition) is 2. The molecule has 0 fully saturated rings. The van der Waals surface area contributed by atoms with E-state index in [9.17, 15) is 4.79 Å². The molecule has 0 saturated carbocycles. The van der Waals surface area contributed by atoms with Gasteiger partial charge in [-0.3, -0.25) is 4.79 Å². The highest BCUT2D eigenvalue weighted by Gasteiger charge is 2.28. The van der Waals surface area contributed by atoms with Crippen molar-refractivity contribution in [3.8, 4) is 17.4 Å². The number of amides is 1. The summed E-state index contributed by atoms with van der Waals surface area (Å²) >= 11 is 0. The molecule has 0 unspecified atom stereocenters. The van der Waals surface area contributed by atoms with Crippen LogP contribution in [0.5, 0.6) is 17.4 Å². The van der Waals surface area contributed by atoms with E-state index >= 15 is 0 Å². The summed E-state index contributed by atoms with van der Waals surface area (Å²) in [6.45, 7) is 5.62. The number of carbonyl (C=O) groups excluding carboxylic acids is 1. The predicted octanol–water partition coefficient (Wildman–Crippen LogP) is 3.26. The Balaban J connectivity index is 2.11. The number of methoxy groups -OCH3 is 1. The highest BCUT2D eigenvalue weighted by Crippen LogP contribution is 2.27. The van der Waals surface area contributed by atoms with Gasteiger partial charge >= 0.3 is 0 Å². The number of primary amides is 1. The molecular weight excluding hydrogens is 306 g/mol. The molecule has 2 rings (SSSR count). The number of anilines is 1. The van der Waals surface area contributed by atoms with Gasteiger partial charge in [0.2, 0.25) is 11.8 Å². The van der Waals surface area contributed by atoms with Crippen LogP contribution in [-0.4, -0.2) is 23.5 Å². The molecule has 0 aliphatic rings. The number of nitrogens with two attached hydrogens (primary N) is 1. The molecule has 2 aromatic rings. The zero-order valence-electron chi connectivity index (χ0n) is 14.4. The summed E-state index contributed by atoms with van der Waals surface area (Å²) in [5, 5.41) is 3.11. The van der Waals surface area contributed by atoms with Crippen molar-refractivity contribution in [1.82, 2.24) is 4.98 Å². The monoisotopic (exact) mass is 329 g/mol. The lowest BCUT2D eigenvalue weighted by molar-refractivity contribution is -0.121. The number of hydrogen-bond acceptors (Lipinski definition) is 5. The quantitative estimate of drug-likeness (QED) is 0.814. The number of aromatic nitrogens is 1. The number of aryl methyl sites for hydroxylation is 1. The van der Waals surface area contributed by atoms with Gasteiger partial charge in [-0.1, -0.05) is 13.0 Å². The van der Waals surface area contributed by atoms with Crippen LogP contribution in [0.2, 0.25) is 0 Å². The van der Waals surface area contributed by atoms with E-state index in [1.807, 2.05) is 32.0 Å². The van der Waals surface area contributed by atoms with E-state index in [1.165, 1.54) is 0 Å². The van der Waals surface area contributed by atoms with Crippen LogP contribution in [0.4, 0.5) is 5.69 Å². The summed E-state index contributed by atoms with van der Waals surface area (Å²) in [6.07, 6.45) is 2.18. The maximum atomic E-state index is 11.6. The molecule has 0 radical (unpaired) electrons. The van der Waals surface area contributed by atoms with Crippen molar-refractivity contribution in [2.75, 3.05) is 12.4 Å². The minimum Gasteiger partial charge on any atom is -0.496 e. The van der Waals surface area contributed by atoms with Crippen molar-refractivity contribution in [2.45, 2.75) is 32.7 Å². The Hall–Kier alpha value is -2.76. The van der Waals surface area contributed by atoms with Gasteiger partial charge < -0.3 is 20.5 Å². The second kappa shape index (κ2) is 7.21. The summed E-state index contributed by atoms with van der Waals surface area (Å²) in [7, 11) is 1.62. The fourth-order valence-electron chi connectivity index (χ4n) is 2.14. The molecule has 0 aliphatic heterocycles. The number of ether oxygens (including phenoxy) is 2. The van der Waals surface area contributed by atoms with E-state index in [-0.39, 0.29) is 0 Å². The zero-order valence-corrected chi connectivity index (χ0v) is 14.4. The van der Waals surface area contributed by atoms with Crippen molar-refractivity contribution in [1.29, 1.82) is 0 Å². The lowest BCUT2D eigenvalue weighted by atomic mass is 9.98. The van der Waals surface area contributed by atoms with Gasteiger partial charge in [0.05, 0.1) is 19.0 Å². The van der Waals surface area contributed by atoms with Gasteiger partial charge in [-0.05, 0) is 38.0 Å². The van der Waals surface area contributed by atoms with Crippen LogP contribution in [0.15, 0.2) is 36.5 Å². The standard InChI is InChI=1S/C18H23N3O3/c1-5-18(3,17(19)22)21-13-7-9-16(20-11-13)24-14-8-6-12(2)15(10-14)23-4/h6-11,21H,5H2,1-4H3,(H2,19,22)/t18-/m1/s1. The van der Waals surface area contributed by atoms with E-state index in [4.69, 9.17) is 15.2 Å². The van der Waals surface area contributed by atoms with Gasteiger partial charge in [0.25, 0.3) is 0 Å². The SMILES string of the molecule is CC[C@@](C)(Nc1ccc(Oc2ccc(C)c(OC)c2)nc1)C(N)=O. The molecule has 1 atom stereocenters. The third-order valence-corrected chi connectivity index (χ3v) is 4.01. The number of nitrogens with zero attached hydrogens (tertiary/aromatic N) is 1. The summed E-state index contributed by atoms with van der Waals surface area (Å²) in [4.78, 5) is 15.8. The molecule has 0 aliphatic carbocycles. The lowest BCUT2D eigenvalue weighted by Crippen LogP contribution is -2.47. The lowest BCUT2D eigenvalue weighted by Gasteiger charge is -2.26. The van der Waals surface area contributed by atoms with Crippen molar-refractivity contribution < 1.29 is 14.3 Å². The van der Waals surface area contributed by atoms with Crippen LogP contribution < -0.4 is 20.5 Å². The maximum absolute atomic E-state index is 11.6. The molecule has 3 N–H and O–H groups in total. The van der Waals surface area contributed by atoms with Gasteiger partial charge in [0.1, 0.15) is 17.0 Å². The molecule has 1 heterocycles. The molecule has 6 heteroatoms. The van der Waals surface area contributed by atoms with Gasteiger partial charge in [0.15, 0.2) is 0 Å². The number of pyridine rings is 1. The predicted molar refractivity (Wildman–Crippen MR) is 93.6 cm³/mol. The van der Waals surface area contributed by atoms with E-state index in [2.05, 4.69) is 10.3 Å². The van der Waals surface area contributed by atoms with Crippen LogP contribution >= 0.6 is 0 Å². The van der Waals surface area contributed by atoms with Gasteiger partial charge in [-0.15, -0.1) is 0 Å². The first-order valence-electron chi connectivity index (χ1n) is 7.74. The Labute approximate surface area is 142 Å². The van der Waals surface area contributed by atoms with Crippen molar-refractivity contribution in [3.05, 3.63) is 42.1 Å². The maximum Gasteiger partial charge on any atom is 0.242 e. The Morgan fingerprint density at radius 3 is 2.62 bits per heavy atom. The summed E-state index contributed by atoms with van der Waals surface area (Å²) < 4.78 is 11.0. The largest absolute Gasteiger partial charge is 0.496 e. The Morgan fingerprint density at radius 2 is 2.08 bits per heavy atom. The molecule has 0 saturated heterocycles. The number of carbonyl (C=O) groups is 1. The first kappa shape index (κ1) is 17.6. The average Bonchev–Trinajstić information content (AvgIpc) is 2.58. The first-order valence-corrected chi connectivity index (χ1v) is 7.74. The molecule has 6 nitrogen and oxygen atoms in total. The molecule has 1 amide bonds. The van der Waals surface area contributed by atoms with Crippen molar-refractivity contribution >= 4 is 11.6 Å². The van der Waals surface area contributed by atoms with Crippen LogP contribution in [0.25, 0.3) is 0 Å². The van der Waals surface area contributed by atoms with Gasteiger partial charge in [-0.2, -0.15) is 0 Å². The third-order valence-electron chi connectivity index (χ3n) is 4.01. The Morgan fingerprint density at radius 1 is 1.33 bits per heavy atom. The van der Waals surface area contributed by atoms with Crippen LogP contribution in [-0.2, 0) is 4.79 Å². The van der Waals surface area contributed by atoms with E-state index in [0.29, 0.717) is 23.7 Å². The molecule has 1 aromatic heterocycles. The summed E-state index contributed by atoms with van der Waals surface area (Å²) in [5.41, 5.74) is 6.36. The number of nitrogens with one attached hydrogen (secondary N) is 1. The summed E-state index contributed by atoms with van der Waals surface area (Å²) in [6, 6.07) is 9.11. The topological polar surface area (TPSA) is 86.5 Å². The molecular formula is C18H23N3O3. The average molecular weight is 329 g/mol. The van der Waals surface area contributed by atoms with Gasteiger partial charge in [0, 0.05) is 12.1 Å². The molecule has 1 aromatic carbocycles. The minimum atomic E-state index is -0.811. The zero-order chi connectivity index (χ0) is 17.7. The highest BCUT2D eigenvalue weighted by molar-refractivity contribution is 5.87. The Bertz CT molecular complexity index is 716. The highest BCUT2D eigenvalue weighted by atomic mass is 16.5. The fourth-order valence-corrected chi connectivity index (χ4v) is 2.14. The van der Waals surface area contributed by atoms with Gasteiger partial charge in [-0.25, -0.2) is 4.98 Å². The smallest absolute Gasteiger partial charge is 0.242 e. The molecule has 128 valence electrons. The van der Waals surface area contributed by atoms with Crippen molar-refractivity contribution in [3.63, 3.8) is 0 Å². The minimum absolute atomic E-state index is 0.405. The summed E-state index contributed by atoms with van der Waals surface area (Å²) in [5.74, 6) is 1.44. The third kappa shape index (κ3) is 3.95. The second-order valence-corrected chi connectivity index (χ2v) is 5.79. The fraction of sp³-hybridized carbons (Fsp3) is 0.333. The van der Waals surface area contributed by atoms with E-state index < -0.39 is 11.4 Å².